The third-order valence-corrected chi connectivity index (χ3v) is 4.89. The molecule has 1 aromatic rings. The van der Waals surface area contributed by atoms with Crippen LogP contribution in [0.5, 0.6) is 0 Å². The number of sulfonamides is 1. The summed E-state index contributed by atoms with van der Waals surface area (Å²) in [5, 5.41) is 0. The molecule has 1 aromatic carbocycles. The van der Waals surface area contributed by atoms with Gasteiger partial charge in [0.15, 0.2) is 0 Å². The molecule has 0 spiro atoms. The van der Waals surface area contributed by atoms with Gasteiger partial charge in [0.25, 0.3) is 0 Å². The minimum atomic E-state index is -3.19. The Hall–Kier alpha value is -1.40. The van der Waals surface area contributed by atoms with E-state index in [9.17, 15) is 13.2 Å². The normalized spacial score (nSPS) is 19.6. The largest absolute Gasteiger partial charge is 0.312 e. The molecule has 0 aromatic heterocycles. The summed E-state index contributed by atoms with van der Waals surface area (Å²) in [4.78, 5) is 13.7. The molecule has 1 atom stereocenters. The molecule has 1 unspecified atom stereocenters. The fourth-order valence-corrected chi connectivity index (χ4v) is 2.93. The van der Waals surface area contributed by atoms with Gasteiger partial charge in [0.1, 0.15) is 0 Å². The smallest absolute Gasteiger partial charge is 0.227 e. The topological polar surface area (TPSA) is 66.5 Å². The second-order valence-corrected chi connectivity index (χ2v) is 7.26. The molecular weight excluding hydrogens is 276 g/mol. The molecule has 0 aliphatic carbocycles. The highest BCUT2D eigenvalue weighted by atomic mass is 32.2. The van der Waals surface area contributed by atoms with Crippen molar-refractivity contribution in [2.45, 2.75) is 20.3 Å². The predicted octanol–water partition coefficient (Wildman–Crippen LogP) is 1.29. The molecule has 1 fully saturated rings. The minimum absolute atomic E-state index is 0.0325. The fourth-order valence-electron chi connectivity index (χ4n) is 2.24. The first kappa shape index (κ1) is 15.0. The number of nitrogens with one attached hydrogen (secondary N) is 1. The minimum Gasteiger partial charge on any atom is -0.312 e. The van der Waals surface area contributed by atoms with Gasteiger partial charge in [-0.2, -0.15) is 0 Å². The van der Waals surface area contributed by atoms with Crippen LogP contribution >= 0.6 is 0 Å². The zero-order valence-electron chi connectivity index (χ0n) is 11.8. The monoisotopic (exact) mass is 296 g/mol. The lowest BCUT2D eigenvalue weighted by molar-refractivity contribution is -0.117. The molecular formula is C14H20N2O3S. The van der Waals surface area contributed by atoms with Gasteiger partial charge in [-0.05, 0) is 31.9 Å². The van der Waals surface area contributed by atoms with Crippen molar-refractivity contribution in [2.75, 3.05) is 23.7 Å². The van der Waals surface area contributed by atoms with Crippen LogP contribution in [0.1, 0.15) is 18.9 Å². The van der Waals surface area contributed by atoms with E-state index in [4.69, 9.17) is 0 Å². The summed E-state index contributed by atoms with van der Waals surface area (Å²) < 4.78 is 25.4. The van der Waals surface area contributed by atoms with Crippen LogP contribution in [0.3, 0.4) is 0 Å². The second-order valence-electron chi connectivity index (χ2n) is 5.16. The lowest BCUT2D eigenvalue weighted by atomic mass is 10.1. The summed E-state index contributed by atoms with van der Waals surface area (Å²) >= 11 is 0. The van der Waals surface area contributed by atoms with E-state index in [0.29, 0.717) is 19.5 Å². The van der Waals surface area contributed by atoms with E-state index in [0.717, 1.165) is 11.3 Å². The standard InChI is InChI=1S/C14H20N2O3S/c1-3-20(18,19)15-9-12-8-14(17)16(10-12)13-6-4-11(2)5-7-13/h4-7,12,15H,3,8-10H2,1-2H3. The molecule has 0 saturated carbocycles. The molecule has 1 saturated heterocycles. The number of benzene rings is 1. The fraction of sp³-hybridized carbons (Fsp3) is 0.500. The van der Waals surface area contributed by atoms with E-state index < -0.39 is 10.0 Å². The van der Waals surface area contributed by atoms with Crippen LogP contribution in [0.15, 0.2) is 24.3 Å². The average molecular weight is 296 g/mol. The predicted molar refractivity (Wildman–Crippen MR) is 79.1 cm³/mol. The molecule has 2 rings (SSSR count). The quantitative estimate of drug-likeness (QED) is 0.890. The van der Waals surface area contributed by atoms with E-state index in [1.165, 1.54) is 0 Å². The Morgan fingerprint density at radius 2 is 1.95 bits per heavy atom. The van der Waals surface area contributed by atoms with Crippen LogP contribution in [0, 0.1) is 12.8 Å². The number of rotatable bonds is 5. The van der Waals surface area contributed by atoms with E-state index >= 15 is 0 Å². The van der Waals surface area contributed by atoms with Gasteiger partial charge in [-0.15, -0.1) is 0 Å². The van der Waals surface area contributed by atoms with Crippen molar-refractivity contribution in [3.8, 4) is 0 Å². The van der Waals surface area contributed by atoms with Gasteiger partial charge in [-0.25, -0.2) is 13.1 Å². The van der Waals surface area contributed by atoms with Crippen molar-refractivity contribution < 1.29 is 13.2 Å². The van der Waals surface area contributed by atoms with Gasteiger partial charge in [0.2, 0.25) is 15.9 Å². The Bertz CT molecular complexity index is 581. The average Bonchev–Trinajstić information content (AvgIpc) is 2.79. The third-order valence-electron chi connectivity index (χ3n) is 3.52. The highest BCUT2D eigenvalue weighted by Crippen LogP contribution is 2.25. The van der Waals surface area contributed by atoms with Crippen LogP contribution in [0.2, 0.25) is 0 Å². The SMILES string of the molecule is CCS(=O)(=O)NCC1CC(=O)N(c2ccc(C)cc2)C1. The van der Waals surface area contributed by atoms with Gasteiger partial charge < -0.3 is 4.90 Å². The second kappa shape index (κ2) is 5.93. The lowest BCUT2D eigenvalue weighted by Gasteiger charge is -2.17. The molecule has 1 aliphatic rings. The first-order chi connectivity index (χ1) is 9.41. The molecule has 1 N–H and O–H groups in total. The number of amides is 1. The number of carbonyl (C=O) groups is 1. The van der Waals surface area contributed by atoms with Crippen molar-refractivity contribution in [2.24, 2.45) is 5.92 Å². The Morgan fingerprint density at radius 1 is 1.30 bits per heavy atom. The molecule has 5 nitrogen and oxygen atoms in total. The Balaban J connectivity index is 1.99. The zero-order valence-corrected chi connectivity index (χ0v) is 12.6. The Kier molecular flexibility index (Phi) is 4.45. The van der Waals surface area contributed by atoms with Crippen LogP contribution in [-0.4, -0.2) is 33.2 Å². The molecule has 6 heteroatoms. The number of anilines is 1. The van der Waals surface area contributed by atoms with Crippen LogP contribution in [0.25, 0.3) is 0 Å². The van der Waals surface area contributed by atoms with E-state index in [1.54, 1.807) is 11.8 Å². The first-order valence-electron chi connectivity index (χ1n) is 6.75. The number of aryl methyl sites for hydroxylation is 1. The van der Waals surface area contributed by atoms with Crippen LogP contribution < -0.4 is 9.62 Å². The van der Waals surface area contributed by atoms with E-state index in [1.807, 2.05) is 31.2 Å². The number of nitrogens with zero attached hydrogens (tertiary/aromatic N) is 1. The molecule has 1 heterocycles. The maximum Gasteiger partial charge on any atom is 0.227 e. The van der Waals surface area contributed by atoms with Gasteiger partial charge in [0, 0.05) is 25.2 Å². The third kappa shape index (κ3) is 3.58. The molecule has 1 aliphatic heterocycles. The van der Waals surface area contributed by atoms with Crippen molar-refractivity contribution >= 4 is 21.6 Å². The molecule has 0 bridgehead atoms. The summed E-state index contributed by atoms with van der Waals surface area (Å²) in [6.45, 7) is 4.48. The summed E-state index contributed by atoms with van der Waals surface area (Å²) in [7, 11) is -3.19. The Morgan fingerprint density at radius 3 is 2.55 bits per heavy atom. The van der Waals surface area contributed by atoms with Gasteiger partial charge in [0.05, 0.1) is 5.75 Å². The van der Waals surface area contributed by atoms with Crippen molar-refractivity contribution in [1.82, 2.24) is 4.72 Å². The molecule has 0 radical (unpaired) electrons. The molecule has 20 heavy (non-hydrogen) atoms. The summed E-state index contributed by atoms with van der Waals surface area (Å²) in [6.07, 6.45) is 0.389. The van der Waals surface area contributed by atoms with Gasteiger partial charge in [-0.3, -0.25) is 4.79 Å². The number of carbonyl (C=O) groups excluding carboxylic acids is 1. The lowest BCUT2D eigenvalue weighted by Crippen LogP contribution is -2.32. The van der Waals surface area contributed by atoms with Crippen molar-refractivity contribution in [3.05, 3.63) is 29.8 Å². The highest BCUT2D eigenvalue weighted by Gasteiger charge is 2.30. The van der Waals surface area contributed by atoms with Crippen LogP contribution in [0.4, 0.5) is 5.69 Å². The van der Waals surface area contributed by atoms with Crippen molar-refractivity contribution in [1.29, 1.82) is 0 Å². The van der Waals surface area contributed by atoms with Crippen molar-refractivity contribution in [3.63, 3.8) is 0 Å². The summed E-state index contributed by atoms with van der Waals surface area (Å²) in [5.41, 5.74) is 2.02. The van der Waals surface area contributed by atoms with Gasteiger partial charge in [-0.1, -0.05) is 17.7 Å². The maximum atomic E-state index is 12.0. The number of hydrogen-bond donors (Lipinski definition) is 1. The van der Waals surface area contributed by atoms with Gasteiger partial charge >= 0.3 is 0 Å². The zero-order chi connectivity index (χ0) is 14.8. The Labute approximate surface area is 120 Å². The van der Waals surface area contributed by atoms with E-state index in [2.05, 4.69) is 4.72 Å². The first-order valence-corrected chi connectivity index (χ1v) is 8.41. The molecule has 110 valence electrons. The maximum absolute atomic E-state index is 12.0. The molecule has 1 amide bonds. The summed E-state index contributed by atoms with van der Waals surface area (Å²) in [6, 6.07) is 7.78. The van der Waals surface area contributed by atoms with E-state index in [-0.39, 0.29) is 17.6 Å². The highest BCUT2D eigenvalue weighted by molar-refractivity contribution is 7.89. The van der Waals surface area contributed by atoms with Crippen LogP contribution in [-0.2, 0) is 14.8 Å². The summed E-state index contributed by atoms with van der Waals surface area (Å²) in [5.74, 6) is 0.148. The number of hydrogen-bond acceptors (Lipinski definition) is 3.